The molecule has 0 N–H and O–H groups in total. The fourth-order valence-corrected chi connectivity index (χ4v) is 2.31. The van der Waals surface area contributed by atoms with Crippen LogP contribution in [0.5, 0.6) is 0 Å². The zero-order valence-electron chi connectivity index (χ0n) is 10.8. The van der Waals surface area contributed by atoms with Gasteiger partial charge in [-0.3, -0.25) is 4.79 Å². The molecule has 4 rings (SSSR count). The van der Waals surface area contributed by atoms with Crippen LogP contribution in [0.15, 0.2) is 45.3 Å². The number of hydrogen-bond acceptors (Lipinski definition) is 4. The minimum atomic E-state index is 0.0543. The van der Waals surface area contributed by atoms with Gasteiger partial charge in [-0.2, -0.15) is 0 Å². The van der Waals surface area contributed by atoms with Crippen LogP contribution >= 0.6 is 0 Å². The van der Waals surface area contributed by atoms with Crippen molar-refractivity contribution < 1.29 is 13.7 Å². The van der Waals surface area contributed by atoms with Crippen LogP contribution in [0.3, 0.4) is 0 Å². The normalized spacial score (nSPS) is 14.8. The van der Waals surface area contributed by atoms with Crippen molar-refractivity contribution in [1.82, 2.24) is 5.16 Å². The molecule has 1 fully saturated rings. The third-order valence-corrected chi connectivity index (χ3v) is 3.64. The maximum Gasteiger partial charge on any atom is 0.202 e. The Kier molecular flexibility index (Phi) is 2.49. The van der Waals surface area contributed by atoms with Crippen LogP contribution in [0.4, 0.5) is 0 Å². The molecular formula is C16H13NO3. The molecule has 0 unspecified atom stereocenters. The van der Waals surface area contributed by atoms with Crippen LogP contribution in [-0.2, 0) is 0 Å². The molecule has 2 heterocycles. The lowest BCUT2D eigenvalue weighted by molar-refractivity contribution is 0.0967. The van der Waals surface area contributed by atoms with Crippen LogP contribution in [0.25, 0.3) is 22.5 Å². The van der Waals surface area contributed by atoms with Gasteiger partial charge in [0, 0.05) is 17.9 Å². The Bertz CT molecular complexity index is 747. The summed E-state index contributed by atoms with van der Waals surface area (Å²) in [6.45, 7) is 0. The first kappa shape index (κ1) is 11.5. The number of benzene rings is 1. The summed E-state index contributed by atoms with van der Waals surface area (Å²) >= 11 is 0. The molecule has 0 radical (unpaired) electrons. The van der Waals surface area contributed by atoms with Gasteiger partial charge in [-0.1, -0.05) is 23.4 Å². The van der Waals surface area contributed by atoms with Crippen LogP contribution < -0.4 is 0 Å². The van der Waals surface area contributed by atoms with E-state index in [-0.39, 0.29) is 5.78 Å². The van der Waals surface area contributed by atoms with Crippen molar-refractivity contribution in [3.05, 3.63) is 42.1 Å². The molecule has 0 bridgehead atoms. The Morgan fingerprint density at radius 2 is 2.05 bits per heavy atom. The number of Topliss-reactive ketones (excluding diaryl/α,β-unsaturated/α-hetero) is 1. The Labute approximate surface area is 115 Å². The van der Waals surface area contributed by atoms with Gasteiger partial charge in [-0.05, 0) is 30.9 Å². The lowest BCUT2D eigenvalue weighted by Crippen LogP contribution is -1.99. The van der Waals surface area contributed by atoms with Gasteiger partial charge in [-0.25, -0.2) is 0 Å². The number of fused-ring (bicyclic) bond motifs is 1. The fourth-order valence-electron chi connectivity index (χ4n) is 2.31. The molecule has 0 aliphatic heterocycles. The molecule has 2 aromatic heterocycles. The maximum absolute atomic E-state index is 12.0. The summed E-state index contributed by atoms with van der Waals surface area (Å²) in [5.74, 6) is 1.71. The van der Waals surface area contributed by atoms with E-state index >= 15 is 0 Å². The number of ketones is 1. The number of carbonyl (C=O) groups excluding carboxylic acids is 1. The standard InChI is InChI=1S/C16H13NO3/c18-13(7-10-5-6-10)12-9-16(20-17-12)15-8-11-3-1-2-4-14(11)19-15/h1-4,8-10H,5-7H2. The number of aromatic nitrogens is 1. The second-order valence-corrected chi connectivity index (χ2v) is 5.30. The third kappa shape index (κ3) is 2.03. The SMILES string of the molecule is O=C(CC1CC1)c1cc(-c2cc3ccccc3o2)on1. The van der Waals surface area contributed by atoms with E-state index in [1.807, 2.05) is 30.3 Å². The average molecular weight is 267 g/mol. The molecular weight excluding hydrogens is 254 g/mol. The topological polar surface area (TPSA) is 56.2 Å². The van der Waals surface area contributed by atoms with E-state index in [4.69, 9.17) is 8.94 Å². The monoisotopic (exact) mass is 267 g/mol. The lowest BCUT2D eigenvalue weighted by atomic mass is 10.1. The van der Waals surface area contributed by atoms with Crippen LogP contribution in [0, 0.1) is 5.92 Å². The highest BCUT2D eigenvalue weighted by molar-refractivity contribution is 5.95. The second-order valence-electron chi connectivity index (χ2n) is 5.30. The molecule has 4 heteroatoms. The summed E-state index contributed by atoms with van der Waals surface area (Å²) < 4.78 is 10.9. The highest BCUT2D eigenvalue weighted by Crippen LogP contribution is 2.34. The largest absolute Gasteiger partial charge is 0.453 e. The first-order valence-electron chi connectivity index (χ1n) is 6.78. The number of carbonyl (C=O) groups is 1. The van der Waals surface area contributed by atoms with E-state index in [1.54, 1.807) is 6.07 Å². The molecule has 1 aliphatic rings. The van der Waals surface area contributed by atoms with Crippen molar-refractivity contribution in [2.24, 2.45) is 5.92 Å². The van der Waals surface area contributed by atoms with Gasteiger partial charge in [0.25, 0.3) is 0 Å². The van der Waals surface area contributed by atoms with Crippen LogP contribution in [0.2, 0.25) is 0 Å². The van der Waals surface area contributed by atoms with Gasteiger partial charge in [0.2, 0.25) is 5.76 Å². The first-order chi connectivity index (χ1) is 9.79. The van der Waals surface area contributed by atoms with Crippen LogP contribution in [0.1, 0.15) is 29.8 Å². The summed E-state index contributed by atoms with van der Waals surface area (Å²) in [5.41, 5.74) is 1.19. The zero-order valence-corrected chi connectivity index (χ0v) is 10.8. The van der Waals surface area contributed by atoms with E-state index in [1.165, 1.54) is 0 Å². The summed E-state index contributed by atoms with van der Waals surface area (Å²) in [6, 6.07) is 11.3. The average Bonchev–Trinajstić information content (AvgIpc) is 3.00. The summed E-state index contributed by atoms with van der Waals surface area (Å²) in [7, 11) is 0. The minimum absolute atomic E-state index is 0.0543. The molecule has 1 aromatic carbocycles. The Morgan fingerprint density at radius 3 is 2.85 bits per heavy atom. The Morgan fingerprint density at radius 1 is 1.20 bits per heavy atom. The number of rotatable bonds is 4. The molecule has 1 aliphatic carbocycles. The lowest BCUT2D eigenvalue weighted by Gasteiger charge is -1.90. The van der Waals surface area contributed by atoms with Gasteiger partial charge in [0.15, 0.2) is 11.5 Å². The summed E-state index contributed by atoms with van der Waals surface area (Å²) in [4.78, 5) is 12.0. The molecule has 20 heavy (non-hydrogen) atoms. The molecule has 4 nitrogen and oxygen atoms in total. The predicted octanol–water partition coefficient (Wildman–Crippen LogP) is 4.07. The van der Waals surface area contributed by atoms with Gasteiger partial charge in [0.1, 0.15) is 11.3 Å². The number of furan rings is 1. The second kappa shape index (κ2) is 4.34. The van der Waals surface area contributed by atoms with Gasteiger partial charge in [-0.15, -0.1) is 0 Å². The Hall–Kier alpha value is -2.36. The highest BCUT2D eigenvalue weighted by atomic mass is 16.5. The molecule has 0 saturated heterocycles. The third-order valence-electron chi connectivity index (χ3n) is 3.64. The molecule has 0 atom stereocenters. The van der Waals surface area contributed by atoms with E-state index in [9.17, 15) is 4.79 Å². The van der Waals surface area contributed by atoms with Gasteiger partial charge in [0.05, 0.1) is 0 Å². The van der Waals surface area contributed by atoms with E-state index < -0.39 is 0 Å². The molecule has 1 saturated carbocycles. The smallest absolute Gasteiger partial charge is 0.202 e. The van der Waals surface area contributed by atoms with Crippen molar-refractivity contribution in [2.75, 3.05) is 0 Å². The highest BCUT2D eigenvalue weighted by Gasteiger charge is 2.26. The van der Waals surface area contributed by atoms with E-state index in [2.05, 4.69) is 5.16 Å². The molecule has 100 valence electrons. The summed E-state index contributed by atoms with van der Waals surface area (Å²) in [6.07, 6.45) is 2.88. The van der Waals surface area contributed by atoms with Crippen LogP contribution in [-0.4, -0.2) is 10.9 Å². The number of hydrogen-bond donors (Lipinski definition) is 0. The van der Waals surface area contributed by atoms with E-state index in [0.717, 1.165) is 23.8 Å². The maximum atomic E-state index is 12.0. The minimum Gasteiger partial charge on any atom is -0.453 e. The number of para-hydroxylation sites is 1. The van der Waals surface area contributed by atoms with Crippen molar-refractivity contribution in [1.29, 1.82) is 0 Å². The molecule has 0 spiro atoms. The first-order valence-corrected chi connectivity index (χ1v) is 6.78. The van der Waals surface area contributed by atoms with Crippen molar-refractivity contribution in [3.63, 3.8) is 0 Å². The van der Waals surface area contributed by atoms with Crippen molar-refractivity contribution >= 4 is 16.8 Å². The van der Waals surface area contributed by atoms with Gasteiger partial charge >= 0.3 is 0 Å². The van der Waals surface area contributed by atoms with Gasteiger partial charge < -0.3 is 8.94 Å². The summed E-state index contributed by atoms with van der Waals surface area (Å²) in [5, 5.41) is 4.86. The Balaban J connectivity index is 1.64. The molecule has 0 amide bonds. The molecule has 3 aromatic rings. The quantitative estimate of drug-likeness (QED) is 0.668. The zero-order chi connectivity index (χ0) is 13.5. The van der Waals surface area contributed by atoms with Crippen molar-refractivity contribution in [2.45, 2.75) is 19.3 Å². The predicted molar refractivity (Wildman–Crippen MR) is 73.4 cm³/mol. The number of nitrogens with zero attached hydrogens (tertiary/aromatic N) is 1. The fraction of sp³-hybridized carbons (Fsp3) is 0.250. The van der Waals surface area contributed by atoms with E-state index in [0.29, 0.717) is 29.6 Å². The van der Waals surface area contributed by atoms with Crippen molar-refractivity contribution in [3.8, 4) is 11.5 Å².